The first-order valence-electron chi connectivity index (χ1n) is 5.82. The SMILES string of the molecule is Cc1cnc(CNc2ncnc3onc(C)c23)cn1. The summed E-state index contributed by atoms with van der Waals surface area (Å²) in [5.74, 6) is 0.686. The average molecular weight is 256 g/mol. The monoisotopic (exact) mass is 256 g/mol. The van der Waals surface area contributed by atoms with Crippen LogP contribution in [0.4, 0.5) is 5.82 Å². The summed E-state index contributed by atoms with van der Waals surface area (Å²) in [6, 6.07) is 0. The molecule has 7 nitrogen and oxygen atoms in total. The van der Waals surface area contributed by atoms with Crippen LogP contribution >= 0.6 is 0 Å². The molecule has 1 N–H and O–H groups in total. The van der Waals surface area contributed by atoms with Crippen LogP contribution in [-0.2, 0) is 6.54 Å². The first-order valence-corrected chi connectivity index (χ1v) is 5.82. The number of nitrogens with one attached hydrogen (secondary N) is 1. The molecular formula is C12H12N6O. The van der Waals surface area contributed by atoms with E-state index in [1.807, 2.05) is 13.8 Å². The molecule has 0 aliphatic carbocycles. The van der Waals surface area contributed by atoms with Crippen molar-refractivity contribution in [2.24, 2.45) is 0 Å². The number of aryl methyl sites for hydroxylation is 2. The van der Waals surface area contributed by atoms with Gasteiger partial charge in [0.2, 0.25) is 0 Å². The van der Waals surface area contributed by atoms with Crippen molar-refractivity contribution in [2.75, 3.05) is 5.32 Å². The molecule has 19 heavy (non-hydrogen) atoms. The zero-order valence-electron chi connectivity index (χ0n) is 10.6. The van der Waals surface area contributed by atoms with Crippen LogP contribution in [0.15, 0.2) is 23.2 Å². The summed E-state index contributed by atoms with van der Waals surface area (Å²) >= 11 is 0. The largest absolute Gasteiger partial charge is 0.364 e. The van der Waals surface area contributed by atoms with Crippen molar-refractivity contribution in [2.45, 2.75) is 20.4 Å². The molecular weight excluding hydrogens is 244 g/mol. The number of fused-ring (bicyclic) bond motifs is 1. The highest BCUT2D eigenvalue weighted by molar-refractivity contribution is 5.87. The maximum absolute atomic E-state index is 5.09. The van der Waals surface area contributed by atoms with Crippen LogP contribution in [0.2, 0.25) is 0 Å². The van der Waals surface area contributed by atoms with E-state index in [9.17, 15) is 0 Å². The van der Waals surface area contributed by atoms with Gasteiger partial charge in [-0.25, -0.2) is 4.98 Å². The molecule has 0 radical (unpaired) electrons. The van der Waals surface area contributed by atoms with Crippen LogP contribution in [0, 0.1) is 13.8 Å². The van der Waals surface area contributed by atoms with E-state index in [-0.39, 0.29) is 0 Å². The molecule has 0 aliphatic rings. The van der Waals surface area contributed by atoms with Gasteiger partial charge in [0.05, 0.1) is 29.8 Å². The Hall–Kier alpha value is -2.57. The minimum atomic E-state index is 0.477. The smallest absolute Gasteiger partial charge is 0.263 e. The highest BCUT2D eigenvalue weighted by Gasteiger charge is 2.11. The number of hydrogen-bond donors (Lipinski definition) is 1. The van der Waals surface area contributed by atoms with Gasteiger partial charge in [-0.1, -0.05) is 5.16 Å². The Bertz CT molecular complexity index is 706. The van der Waals surface area contributed by atoms with E-state index >= 15 is 0 Å². The van der Waals surface area contributed by atoms with Gasteiger partial charge in [-0.3, -0.25) is 9.97 Å². The van der Waals surface area contributed by atoms with Crippen molar-refractivity contribution < 1.29 is 4.52 Å². The summed E-state index contributed by atoms with van der Waals surface area (Å²) < 4.78 is 5.09. The lowest BCUT2D eigenvalue weighted by molar-refractivity contribution is 0.442. The van der Waals surface area contributed by atoms with Crippen molar-refractivity contribution in [3.63, 3.8) is 0 Å². The number of rotatable bonds is 3. The van der Waals surface area contributed by atoms with Crippen molar-refractivity contribution in [3.8, 4) is 0 Å². The minimum absolute atomic E-state index is 0.477. The van der Waals surface area contributed by atoms with E-state index in [0.717, 1.165) is 22.5 Å². The molecule has 0 spiro atoms. The lowest BCUT2D eigenvalue weighted by atomic mass is 10.3. The first kappa shape index (κ1) is 11.5. The summed E-state index contributed by atoms with van der Waals surface area (Å²) in [7, 11) is 0. The molecule has 0 atom stereocenters. The van der Waals surface area contributed by atoms with Gasteiger partial charge >= 0.3 is 0 Å². The van der Waals surface area contributed by atoms with Crippen molar-refractivity contribution in [1.29, 1.82) is 0 Å². The fourth-order valence-corrected chi connectivity index (χ4v) is 1.74. The van der Waals surface area contributed by atoms with Crippen LogP contribution in [0.1, 0.15) is 17.1 Å². The Morgan fingerprint density at radius 3 is 2.79 bits per heavy atom. The van der Waals surface area contributed by atoms with Crippen LogP contribution in [0.25, 0.3) is 11.1 Å². The van der Waals surface area contributed by atoms with E-state index in [1.165, 1.54) is 6.33 Å². The lowest BCUT2D eigenvalue weighted by Crippen LogP contribution is -2.04. The second-order valence-electron chi connectivity index (χ2n) is 4.17. The van der Waals surface area contributed by atoms with Crippen LogP contribution in [0.3, 0.4) is 0 Å². The molecule has 0 unspecified atom stereocenters. The Morgan fingerprint density at radius 2 is 2.00 bits per heavy atom. The third-order valence-electron chi connectivity index (χ3n) is 2.71. The molecule has 0 fully saturated rings. The van der Waals surface area contributed by atoms with Crippen LogP contribution < -0.4 is 5.32 Å². The summed E-state index contributed by atoms with van der Waals surface area (Å²) in [5.41, 5.74) is 2.97. The van der Waals surface area contributed by atoms with Crippen molar-refractivity contribution in [3.05, 3.63) is 35.8 Å². The Balaban J connectivity index is 1.85. The number of anilines is 1. The third-order valence-corrected chi connectivity index (χ3v) is 2.71. The van der Waals surface area contributed by atoms with E-state index in [0.29, 0.717) is 18.1 Å². The first-order chi connectivity index (χ1) is 9.24. The molecule has 3 aromatic heterocycles. The molecule has 0 amide bonds. The molecule has 7 heteroatoms. The van der Waals surface area contributed by atoms with Crippen LogP contribution in [0.5, 0.6) is 0 Å². The Labute approximate surface area is 109 Å². The summed E-state index contributed by atoms with van der Waals surface area (Å²) in [4.78, 5) is 16.7. The predicted molar refractivity (Wildman–Crippen MR) is 68.4 cm³/mol. The quantitative estimate of drug-likeness (QED) is 0.761. The third kappa shape index (κ3) is 2.22. The normalized spacial score (nSPS) is 10.8. The van der Waals surface area contributed by atoms with E-state index < -0.39 is 0 Å². The number of hydrogen-bond acceptors (Lipinski definition) is 7. The average Bonchev–Trinajstić information content (AvgIpc) is 2.81. The maximum Gasteiger partial charge on any atom is 0.263 e. The molecule has 96 valence electrons. The topological polar surface area (TPSA) is 89.6 Å². The number of aromatic nitrogens is 5. The van der Waals surface area contributed by atoms with E-state index in [4.69, 9.17) is 4.52 Å². The second-order valence-corrected chi connectivity index (χ2v) is 4.17. The zero-order valence-corrected chi connectivity index (χ0v) is 10.6. The van der Waals surface area contributed by atoms with Gasteiger partial charge in [0.15, 0.2) is 0 Å². The van der Waals surface area contributed by atoms with Gasteiger partial charge in [0, 0.05) is 6.20 Å². The van der Waals surface area contributed by atoms with Crippen molar-refractivity contribution in [1.82, 2.24) is 25.1 Å². The fraction of sp³-hybridized carbons (Fsp3) is 0.250. The molecule has 3 aromatic rings. The summed E-state index contributed by atoms with van der Waals surface area (Å²) in [5, 5.41) is 7.87. The van der Waals surface area contributed by atoms with Gasteiger partial charge in [-0.15, -0.1) is 0 Å². The summed E-state index contributed by atoms with van der Waals surface area (Å²) in [6.45, 7) is 4.29. The summed E-state index contributed by atoms with van der Waals surface area (Å²) in [6.07, 6.45) is 4.91. The maximum atomic E-state index is 5.09. The molecule has 3 rings (SSSR count). The van der Waals surface area contributed by atoms with E-state index in [2.05, 4.69) is 30.4 Å². The van der Waals surface area contributed by atoms with E-state index in [1.54, 1.807) is 12.4 Å². The molecule has 3 heterocycles. The van der Waals surface area contributed by atoms with Gasteiger partial charge in [0.25, 0.3) is 5.71 Å². The lowest BCUT2D eigenvalue weighted by Gasteiger charge is -2.05. The van der Waals surface area contributed by atoms with Gasteiger partial charge in [-0.2, -0.15) is 4.98 Å². The molecule has 0 saturated heterocycles. The van der Waals surface area contributed by atoms with Crippen LogP contribution in [-0.4, -0.2) is 25.1 Å². The van der Waals surface area contributed by atoms with Gasteiger partial charge in [-0.05, 0) is 13.8 Å². The van der Waals surface area contributed by atoms with Gasteiger partial charge in [0.1, 0.15) is 17.5 Å². The Kier molecular flexibility index (Phi) is 2.79. The second kappa shape index (κ2) is 4.60. The highest BCUT2D eigenvalue weighted by Crippen LogP contribution is 2.22. The molecule has 0 aromatic carbocycles. The zero-order chi connectivity index (χ0) is 13.2. The Morgan fingerprint density at radius 1 is 1.11 bits per heavy atom. The number of nitrogens with zero attached hydrogens (tertiary/aromatic N) is 5. The standard InChI is InChI=1S/C12H12N6O/c1-7-3-14-9(4-13-7)5-15-11-10-8(2)18-19-12(10)17-6-16-11/h3-4,6H,5H2,1-2H3,(H,15,16,17). The molecule has 0 aliphatic heterocycles. The molecule has 0 bridgehead atoms. The predicted octanol–water partition coefficient (Wildman–Crippen LogP) is 1.64. The van der Waals surface area contributed by atoms with Gasteiger partial charge < -0.3 is 9.84 Å². The van der Waals surface area contributed by atoms with Crippen molar-refractivity contribution >= 4 is 16.9 Å². The highest BCUT2D eigenvalue weighted by atomic mass is 16.5. The fourth-order valence-electron chi connectivity index (χ4n) is 1.74. The molecule has 0 saturated carbocycles. The minimum Gasteiger partial charge on any atom is -0.364 e.